The summed E-state index contributed by atoms with van der Waals surface area (Å²) in [5.74, 6) is 1.69. The van der Waals surface area contributed by atoms with Gasteiger partial charge in [0.15, 0.2) is 0 Å². The van der Waals surface area contributed by atoms with Gasteiger partial charge >= 0.3 is 0 Å². The van der Waals surface area contributed by atoms with E-state index in [0.717, 1.165) is 22.4 Å². The Morgan fingerprint density at radius 1 is 1.11 bits per heavy atom. The van der Waals surface area contributed by atoms with Crippen molar-refractivity contribution >= 4 is 5.69 Å². The predicted molar refractivity (Wildman–Crippen MR) is 78.7 cm³/mol. The fraction of sp³-hybridized carbons (Fsp3) is 0.312. The van der Waals surface area contributed by atoms with Gasteiger partial charge in [0.2, 0.25) is 5.88 Å². The molecule has 0 spiro atoms. The second kappa shape index (κ2) is 5.31. The Morgan fingerprint density at radius 3 is 2.47 bits per heavy atom. The Balaban J connectivity index is 2.39. The lowest BCUT2D eigenvalue weighted by Crippen LogP contribution is -1.99. The molecule has 0 saturated heterocycles. The molecule has 100 valence electrons. The summed E-state index contributed by atoms with van der Waals surface area (Å²) in [5.41, 5.74) is 9.86. The number of pyridine rings is 1. The van der Waals surface area contributed by atoms with Gasteiger partial charge < -0.3 is 10.5 Å². The normalized spacial score (nSPS) is 10.8. The summed E-state index contributed by atoms with van der Waals surface area (Å²) in [6.45, 7) is 8.29. The van der Waals surface area contributed by atoms with Gasteiger partial charge in [0.05, 0.1) is 5.69 Å². The van der Waals surface area contributed by atoms with Crippen LogP contribution in [0, 0.1) is 13.8 Å². The number of nitrogen functional groups attached to an aromatic ring is 1. The van der Waals surface area contributed by atoms with Gasteiger partial charge in [0.25, 0.3) is 0 Å². The minimum Gasteiger partial charge on any atom is -0.437 e. The van der Waals surface area contributed by atoms with Gasteiger partial charge in [0, 0.05) is 6.20 Å². The van der Waals surface area contributed by atoms with E-state index >= 15 is 0 Å². The Kier molecular flexibility index (Phi) is 3.74. The number of rotatable bonds is 3. The molecule has 0 radical (unpaired) electrons. The molecule has 1 aromatic carbocycles. The van der Waals surface area contributed by atoms with Crippen LogP contribution < -0.4 is 10.5 Å². The number of aromatic nitrogens is 1. The molecule has 2 N–H and O–H groups in total. The third-order valence-corrected chi connectivity index (χ3v) is 3.01. The van der Waals surface area contributed by atoms with E-state index in [4.69, 9.17) is 10.5 Å². The lowest BCUT2D eigenvalue weighted by molar-refractivity contribution is 0.456. The van der Waals surface area contributed by atoms with Crippen molar-refractivity contribution in [3.8, 4) is 11.6 Å². The molecule has 3 heteroatoms. The quantitative estimate of drug-likeness (QED) is 0.895. The predicted octanol–water partition coefficient (Wildman–Crippen LogP) is 4.20. The zero-order valence-electron chi connectivity index (χ0n) is 11.9. The van der Waals surface area contributed by atoms with E-state index in [0.29, 0.717) is 17.5 Å². The summed E-state index contributed by atoms with van der Waals surface area (Å²) in [6.07, 6.45) is 1.76. The summed E-state index contributed by atoms with van der Waals surface area (Å²) in [5, 5.41) is 0. The molecule has 0 bridgehead atoms. The molecule has 0 aliphatic heterocycles. The minimum atomic E-state index is 0.391. The Bertz CT molecular complexity index is 591. The van der Waals surface area contributed by atoms with Crippen molar-refractivity contribution in [3.63, 3.8) is 0 Å². The first-order chi connectivity index (χ1) is 8.97. The summed E-state index contributed by atoms with van der Waals surface area (Å²) in [7, 11) is 0. The number of nitrogens with two attached hydrogens (primary N) is 1. The highest BCUT2D eigenvalue weighted by Gasteiger charge is 2.11. The molecular formula is C16H20N2O. The number of aryl methyl sites for hydroxylation is 2. The molecule has 0 atom stereocenters. The molecule has 0 aliphatic carbocycles. The van der Waals surface area contributed by atoms with Crippen molar-refractivity contribution in [1.82, 2.24) is 4.98 Å². The first-order valence-corrected chi connectivity index (χ1v) is 6.48. The zero-order valence-corrected chi connectivity index (χ0v) is 11.9. The fourth-order valence-corrected chi connectivity index (χ4v) is 1.98. The van der Waals surface area contributed by atoms with Crippen LogP contribution >= 0.6 is 0 Å². The van der Waals surface area contributed by atoms with E-state index in [1.54, 1.807) is 6.20 Å². The maximum Gasteiger partial charge on any atom is 0.242 e. The molecule has 1 heterocycles. The first-order valence-electron chi connectivity index (χ1n) is 6.48. The third kappa shape index (κ3) is 3.05. The van der Waals surface area contributed by atoms with Crippen molar-refractivity contribution in [2.75, 3.05) is 5.73 Å². The number of nitrogens with zero attached hydrogens (tertiary/aromatic N) is 1. The summed E-state index contributed by atoms with van der Waals surface area (Å²) in [6, 6.07) is 8.08. The van der Waals surface area contributed by atoms with E-state index in [-0.39, 0.29) is 0 Å². The summed E-state index contributed by atoms with van der Waals surface area (Å²) in [4.78, 5) is 4.26. The first kappa shape index (κ1) is 13.4. The molecule has 2 aromatic rings. The van der Waals surface area contributed by atoms with Crippen LogP contribution in [0.15, 0.2) is 30.5 Å². The number of ether oxygens (including phenoxy) is 1. The van der Waals surface area contributed by atoms with E-state index in [2.05, 4.69) is 31.0 Å². The second-order valence-corrected chi connectivity index (χ2v) is 5.21. The van der Waals surface area contributed by atoms with Crippen LogP contribution in [0.2, 0.25) is 0 Å². The fourth-order valence-electron chi connectivity index (χ4n) is 1.98. The molecule has 0 fully saturated rings. The van der Waals surface area contributed by atoms with Crippen molar-refractivity contribution in [2.45, 2.75) is 33.6 Å². The van der Waals surface area contributed by atoms with Crippen molar-refractivity contribution in [2.24, 2.45) is 0 Å². The van der Waals surface area contributed by atoms with Crippen LogP contribution in [-0.4, -0.2) is 4.98 Å². The number of benzene rings is 1. The molecule has 0 amide bonds. The molecule has 0 saturated carbocycles. The summed E-state index contributed by atoms with van der Waals surface area (Å²) < 4.78 is 5.90. The van der Waals surface area contributed by atoms with Crippen LogP contribution in [0.5, 0.6) is 11.6 Å². The van der Waals surface area contributed by atoms with E-state index in [1.165, 1.54) is 0 Å². The van der Waals surface area contributed by atoms with Crippen LogP contribution in [-0.2, 0) is 0 Å². The average Bonchev–Trinajstić information content (AvgIpc) is 2.32. The smallest absolute Gasteiger partial charge is 0.242 e. The average molecular weight is 256 g/mol. The minimum absolute atomic E-state index is 0.391. The van der Waals surface area contributed by atoms with E-state index in [1.807, 2.05) is 26.0 Å². The standard InChI is InChI=1S/C16H20N2O/c1-10(2)13-6-5-11(3)8-15(13)19-16-14(17)7-12(4)9-18-16/h5-10H,17H2,1-4H3. The van der Waals surface area contributed by atoms with Crippen molar-refractivity contribution in [3.05, 3.63) is 47.2 Å². The van der Waals surface area contributed by atoms with Crippen LogP contribution in [0.25, 0.3) is 0 Å². The van der Waals surface area contributed by atoms with Gasteiger partial charge in [-0.05, 0) is 48.6 Å². The highest BCUT2D eigenvalue weighted by Crippen LogP contribution is 2.32. The van der Waals surface area contributed by atoms with Crippen LogP contribution in [0.1, 0.15) is 36.5 Å². The Labute approximate surface area is 114 Å². The summed E-state index contributed by atoms with van der Waals surface area (Å²) >= 11 is 0. The largest absolute Gasteiger partial charge is 0.437 e. The number of hydrogen-bond donors (Lipinski definition) is 1. The van der Waals surface area contributed by atoms with Crippen molar-refractivity contribution in [1.29, 1.82) is 0 Å². The van der Waals surface area contributed by atoms with Gasteiger partial charge in [-0.3, -0.25) is 0 Å². The molecule has 19 heavy (non-hydrogen) atoms. The molecular weight excluding hydrogens is 236 g/mol. The lowest BCUT2D eigenvalue weighted by Gasteiger charge is -2.15. The maximum absolute atomic E-state index is 5.95. The monoisotopic (exact) mass is 256 g/mol. The number of anilines is 1. The Hall–Kier alpha value is -2.03. The highest BCUT2D eigenvalue weighted by molar-refractivity contribution is 5.52. The molecule has 1 aromatic heterocycles. The van der Waals surface area contributed by atoms with Gasteiger partial charge in [-0.1, -0.05) is 26.0 Å². The zero-order chi connectivity index (χ0) is 14.0. The van der Waals surface area contributed by atoms with Gasteiger partial charge in [-0.25, -0.2) is 4.98 Å². The van der Waals surface area contributed by atoms with Gasteiger partial charge in [-0.15, -0.1) is 0 Å². The molecule has 3 nitrogen and oxygen atoms in total. The molecule has 2 rings (SSSR count). The van der Waals surface area contributed by atoms with Gasteiger partial charge in [-0.2, -0.15) is 0 Å². The van der Waals surface area contributed by atoms with Crippen LogP contribution in [0.3, 0.4) is 0 Å². The highest BCUT2D eigenvalue weighted by atomic mass is 16.5. The van der Waals surface area contributed by atoms with Crippen LogP contribution in [0.4, 0.5) is 5.69 Å². The maximum atomic E-state index is 5.95. The SMILES string of the molecule is Cc1cnc(Oc2cc(C)ccc2C(C)C)c(N)c1. The topological polar surface area (TPSA) is 48.1 Å². The van der Waals surface area contributed by atoms with Crippen molar-refractivity contribution < 1.29 is 4.74 Å². The Morgan fingerprint density at radius 2 is 1.84 bits per heavy atom. The van der Waals surface area contributed by atoms with E-state index in [9.17, 15) is 0 Å². The number of hydrogen-bond acceptors (Lipinski definition) is 3. The third-order valence-electron chi connectivity index (χ3n) is 3.01. The second-order valence-electron chi connectivity index (χ2n) is 5.21. The molecule has 0 unspecified atom stereocenters. The lowest BCUT2D eigenvalue weighted by atomic mass is 10.0. The van der Waals surface area contributed by atoms with E-state index < -0.39 is 0 Å². The molecule has 0 aliphatic rings. The van der Waals surface area contributed by atoms with Gasteiger partial charge in [0.1, 0.15) is 5.75 Å².